The van der Waals surface area contributed by atoms with Crippen LogP contribution in [0.1, 0.15) is 18.5 Å². The second-order valence-electron chi connectivity index (χ2n) is 7.98. The van der Waals surface area contributed by atoms with Gasteiger partial charge in [0.1, 0.15) is 11.8 Å². The molecule has 32 heavy (non-hydrogen) atoms. The highest BCUT2D eigenvalue weighted by Gasteiger charge is 2.37. The molecule has 1 aliphatic heterocycles. The van der Waals surface area contributed by atoms with Crippen molar-refractivity contribution in [3.05, 3.63) is 30.4 Å². The molecule has 3 aromatic heterocycles. The maximum atomic E-state index is 10.3. The summed E-state index contributed by atoms with van der Waals surface area (Å²) in [5.74, 6) is 1.41. The minimum atomic E-state index is -0.808. The summed E-state index contributed by atoms with van der Waals surface area (Å²) < 4.78 is 13.1. The van der Waals surface area contributed by atoms with Crippen molar-refractivity contribution in [2.45, 2.75) is 24.9 Å². The quantitative estimate of drug-likeness (QED) is 0.414. The first-order valence-electron chi connectivity index (χ1n) is 10.2. The maximum absolute atomic E-state index is 10.3. The van der Waals surface area contributed by atoms with Crippen LogP contribution >= 0.6 is 0 Å². The highest BCUT2D eigenvalue weighted by Crippen LogP contribution is 2.38. The van der Waals surface area contributed by atoms with Crippen molar-refractivity contribution < 1.29 is 19.4 Å². The van der Waals surface area contributed by atoms with E-state index in [1.165, 1.54) is 0 Å². The van der Waals surface area contributed by atoms with Gasteiger partial charge in [-0.1, -0.05) is 0 Å². The Balaban J connectivity index is 1.95. The number of aliphatic hydroxyl groups excluding tert-OH is 2. The molecule has 4 rings (SSSR count). The van der Waals surface area contributed by atoms with Crippen LogP contribution in [0.25, 0.3) is 28.6 Å². The molecule has 0 aliphatic carbocycles. The second-order valence-corrected chi connectivity index (χ2v) is 7.98. The molecule has 0 radical (unpaired) electrons. The van der Waals surface area contributed by atoms with Gasteiger partial charge in [0.15, 0.2) is 29.3 Å². The van der Waals surface area contributed by atoms with Crippen molar-refractivity contribution in [3.8, 4) is 11.5 Å². The lowest BCUT2D eigenvalue weighted by molar-refractivity contribution is -0.0469. The summed E-state index contributed by atoms with van der Waals surface area (Å²) in [6, 6.07) is 3.57. The number of aromatic nitrogens is 4. The first kappa shape index (κ1) is 21.9. The summed E-state index contributed by atoms with van der Waals surface area (Å²) in [6.07, 6.45) is 5.00. The largest absolute Gasteiger partial charge is 0.463 e. The number of aliphatic hydroxyl groups is 2. The number of hydrogen-bond donors (Lipinski definition) is 2. The summed E-state index contributed by atoms with van der Waals surface area (Å²) >= 11 is 0. The van der Waals surface area contributed by atoms with Gasteiger partial charge in [0.2, 0.25) is 0 Å². The van der Waals surface area contributed by atoms with Crippen molar-refractivity contribution in [2.24, 2.45) is 4.99 Å². The van der Waals surface area contributed by atoms with Crippen LogP contribution in [-0.2, 0) is 4.74 Å². The zero-order chi connectivity index (χ0) is 22.8. The Morgan fingerprint density at radius 1 is 1.25 bits per heavy atom. The van der Waals surface area contributed by atoms with Crippen molar-refractivity contribution in [2.75, 3.05) is 34.8 Å². The third-order valence-electron chi connectivity index (χ3n) is 4.89. The van der Waals surface area contributed by atoms with E-state index in [9.17, 15) is 10.2 Å². The highest BCUT2D eigenvalue weighted by atomic mass is 16.5. The van der Waals surface area contributed by atoms with Crippen LogP contribution in [0.15, 0.2) is 34.0 Å². The third-order valence-corrected chi connectivity index (χ3v) is 4.89. The molecule has 4 heterocycles. The number of fused-ring (bicyclic) bond motifs is 1. The molecular formula is C21H27N7O4. The van der Waals surface area contributed by atoms with E-state index in [1.807, 2.05) is 44.2 Å². The van der Waals surface area contributed by atoms with E-state index in [1.54, 1.807) is 35.5 Å². The molecule has 3 atom stereocenters. The molecule has 11 heteroatoms. The van der Waals surface area contributed by atoms with Crippen LogP contribution in [0.4, 0.5) is 5.82 Å². The predicted molar refractivity (Wildman–Crippen MR) is 119 cm³/mol. The molecule has 2 N–H and O–H groups in total. The normalized spacial score (nSPS) is 21.4. The van der Waals surface area contributed by atoms with Gasteiger partial charge in [-0.25, -0.2) is 19.6 Å². The van der Waals surface area contributed by atoms with Gasteiger partial charge in [-0.05, 0) is 18.2 Å². The van der Waals surface area contributed by atoms with E-state index in [-0.39, 0.29) is 13.0 Å². The van der Waals surface area contributed by atoms with Gasteiger partial charge in [0.25, 0.3) is 0 Å². The van der Waals surface area contributed by atoms with E-state index < -0.39 is 18.4 Å². The number of rotatable bonds is 7. The Bertz CT molecular complexity index is 1120. The molecule has 0 spiro atoms. The van der Waals surface area contributed by atoms with Crippen LogP contribution < -0.4 is 0 Å². The molecule has 0 amide bonds. The topological polar surface area (TPSA) is 125 Å². The third kappa shape index (κ3) is 4.35. The average Bonchev–Trinajstić information content (AvgIpc) is 3.48. The van der Waals surface area contributed by atoms with Gasteiger partial charge >= 0.3 is 0 Å². The molecule has 0 bridgehead atoms. The average molecular weight is 441 g/mol. The van der Waals surface area contributed by atoms with Gasteiger partial charge in [-0.3, -0.25) is 0 Å². The van der Waals surface area contributed by atoms with Crippen LogP contribution in [0.3, 0.4) is 0 Å². The van der Waals surface area contributed by atoms with Crippen molar-refractivity contribution in [3.63, 3.8) is 0 Å². The lowest BCUT2D eigenvalue weighted by Crippen LogP contribution is -2.24. The van der Waals surface area contributed by atoms with Gasteiger partial charge in [0, 0.05) is 40.8 Å². The fourth-order valence-corrected chi connectivity index (χ4v) is 3.41. The predicted octanol–water partition coefficient (Wildman–Crippen LogP) is 1.48. The van der Waals surface area contributed by atoms with Crippen LogP contribution in [0.2, 0.25) is 0 Å². The zero-order valence-corrected chi connectivity index (χ0v) is 18.5. The fourth-order valence-electron chi connectivity index (χ4n) is 3.41. The molecule has 3 aromatic rings. The Kier molecular flexibility index (Phi) is 6.21. The van der Waals surface area contributed by atoms with E-state index in [0.29, 0.717) is 34.1 Å². The van der Waals surface area contributed by atoms with E-state index >= 15 is 0 Å². The minimum absolute atomic E-state index is 0.267. The van der Waals surface area contributed by atoms with E-state index in [0.717, 1.165) is 0 Å². The number of ether oxygens (including phenoxy) is 1. The van der Waals surface area contributed by atoms with Crippen molar-refractivity contribution in [1.29, 1.82) is 0 Å². The molecule has 3 unspecified atom stereocenters. The fraction of sp³-hybridized carbons (Fsp3) is 0.429. The van der Waals surface area contributed by atoms with E-state index in [2.05, 4.69) is 9.98 Å². The standard InChI is InChI=1S/C21H27N7O4/c1-26(2)8-7-16-23-20(22-12-27(3)4)18-19(14-6-5-9-31-14)25-28(21(18)24-16)17-10-13(30)15(11-29)32-17/h5-9,12-13,15,17,29-30H,10-11H2,1-4H3/b8-7+,22-12-. The first-order valence-corrected chi connectivity index (χ1v) is 10.2. The van der Waals surface area contributed by atoms with E-state index in [4.69, 9.17) is 19.2 Å². The van der Waals surface area contributed by atoms with Gasteiger partial charge in [-0.15, -0.1) is 0 Å². The highest BCUT2D eigenvalue weighted by molar-refractivity contribution is 5.98. The van der Waals surface area contributed by atoms with Crippen molar-refractivity contribution in [1.82, 2.24) is 29.5 Å². The smallest absolute Gasteiger partial charge is 0.169 e. The zero-order valence-electron chi connectivity index (χ0n) is 18.5. The molecular weight excluding hydrogens is 414 g/mol. The molecule has 0 aromatic carbocycles. The molecule has 170 valence electrons. The first-order chi connectivity index (χ1) is 15.4. The number of nitrogens with zero attached hydrogens (tertiary/aromatic N) is 7. The molecule has 1 aliphatic rings. The van der Waals surface area contributed by atoms with Crippen molar-refractivity contribution >= 4 is 29.3 Å². The number of aliphatic imine (C=N–C) groups is 1. The minimum Gasteiger partial charge on any atom is -0.463 e. The monoisotopic (exact) mass is 441 g/mol. The SMILES string of the molecule is CN(C)/C=N\c1nc(/C=C/N(C)C)nc2c1c(-c1ccco1)nn2C1CC(O)C(CO)O1. The summed E-state index contributed by atoms with van der Waals surface area (Å²) in [5.41, 5.74) is 1.01. The molecule has 1 saturated heterocycles. The summed E-state index contributed by atoms with van der Waals surface area (Å²) in [7, 11) is 7.55. The van der Waals surface area contributed by atoms with Crippen LogP contribution in [0.5, 0.6) is 0 Å². The summed E-state index contributed by atoms with van der Waals surface area (Å²) in [5, 5.41) is 25.1. The number of hydrogen-bond acceptors (Lipinski definition) is 9. The van der Waals surface area contributed by atoms with Gasteiger partial charge < -0.3 is 29.2 Å². The Morgan fingerprint density at radius 3 is 2.69 bits per heavy atom. The molecule has 1 fully saturated rings. The van der Waals surface area contributed by atoms with Gasteiger partial charge in [-0.2, -0.15) is 5.10 Å². The summed E-state index contributed by atoms with van der Waals surface area (Å²) in [4.78, 5) is 17.6. The van der Waals surface area contributed by atoms with Crippen LogP contribution in [-0.4, -0.2) is 93.1 Å². The summed E-state index contributed by atoms with van der Waals surface area (Å²) in [6.45, 7) is -0.286. The maximum Gasteiger partial charge on any atom is 0.169 e. The van der Waals surface area contributed by atoms with Gasteiger partial charge in [0.05, 0.1) is 30.7 Å². The lowest BCUT2D eigenvalue weighted by atomic mass is 10.2. The Labute approximate surface area is 185 Å². The lowest BCUT2D eigenvalue weighted by Gasteiger charge is -2.13. The molecule has 0 saturated carbocycles. The number of furan rings is 1. The Hall–Kier alpha value is -3.28. The Morgan fingerprint density at radius 2 is 2.06 bits per heavy atom. The molecule has 11 nitrogen and oxygen atoms in total. The van der Waals surface area contributed by atoms with Crippen LogP contribution in [0, 0.1) is 0 Å². The second kappa shape index (κ2) is 9.07.